The molecule has 1 aliphatic rings. The first kappa shape index (κ1) is 16.2. The number of hydrogen-bond donors (Lipinski definition) is 1. The van der Waals surface area contributed by atoms with Crippen LogP contribution in [0.4, 0.5) is 5.69 Å². The lowest BCUT2D eigenvalue weighted by atomic mass is 10.0. The molecule has 2 aromatic carbocycles. The molecule has 1 amide bonds. The molecule has 120 valence electrons. The Balaban J connectivity index is 1.63. The van der Waals surface area contributed by atoms with Gasteiger partial charge in [0.25, 0.3) is 5.91 Å². The lowest BCUT2D eigenvalue weighted by molar-refractivity contribution is -0.686. The third-order valence-electron chi connectivity index (χ3n) is 4.50. The van der Waals surface area contributed by atoms with Gasteiger partial charge in [0.05, 0.1) is 0 Å². The molecule has 1 atom stereocenters. The fourth-order valence-electron chi connectivity index (χ4n) is 3.20. The maximum absolute atomic E-state index is 12.6. The lowest BCUT2D eigenvalue weighted by Gasteiger charge is -2.19. The van der Waals surface area contributed by atoms with Crippen molar-refractivity contribution in [1.82, 2.24) is 0 Å². The molecule has 3 nitrogen and oxygen atoms in total. The molecular formula is C19H22BrN2O+. The van der Waals surface area contributed by atoms with Crippen LogP contribution in [-0.4, -0.2) is 19.0 Å². The number of benzene rings is 2. The number of para-hydroxylation sites is 1. The van der Waals surface area contributed by atoms with Gasteiger partial charge in [-0.3, -0.25) is 4.79 Å². The first-order chi connectivity index (χ1) is 11.2. The molecule has 0 bridgehead atoms. The molecule has 3 rings (SSSR count). The van der Waals surface area contributed by atoms with Crippen molar-refractivity contribution in [3.8, 4) is 0 Å². The summed E-state index contributed by atoms with van der Waals surface area (Å²) in [4.78, 5) is 14.5. The van der Waals surface area contributed by atoms with Crippen molar-refractivity contribution in [1.29, 1.82) is 0 Å². The number of rotatable bonds is 5. The molecule has 0 radical (unpaired) electrons. The van der Waals surface area contributed by atoms with Gasteiger partial charge in [0.2, 0.25) is 0 Å². The smallest absolute Gasteiger partial charge is 0.282 e. The van der Waals surface area contributed by atoms with Crippen molar-refractivity contribution in [2.24, 2.45) is 0 Å². The molecule has 0 saturated heterocycles. The van der Waals surface area contributed by atoms with E-state index >= 15 is 0 Å². The lowest BCUT2D eigenvalue weighted by Crippen LogP contribution is -2.87. The van der Waals surface area contributed by atoms with Crippen LogP contribution in [0.25, 0.3) is 0 Å². The number of anilines is 1. The zero-order valence-electron chi connectivity index (χ0n) is 13.3. The molecular weight excluding hydrogens is 352 g/mol. The van der Waals surface area contributed by atoms with Gasteiger partial charge in [-0.25, -0.2) is 0 Å². The van der Waals surface area contributed by atoms with Crippen LogP contribution in [0.1, 0.15) is 30.5 Å². The highest BCUT2D eigenvalue weighted by molar-refractivity contribution is 9.10. The summed E-state index contributed by atoms with van der Waals surface area (Å²) in [5, 5.41) is 2.16. The molecule has 0 saturated carbocycles. The molecule has 1 aliphatic heterocycles. The molecule has 4 heteroatoms. The van der Waals surface area contributed by atoms with Crippen LogP contribution >= 0.6 is 15.9 Å². The van der Waals surface area contributed by atoms with Crippen molar-refractivity contribution in [3.05, 3.63) is 64.1 Å². The number of carbonyl (C=O) groups excluding carboxylic acids is 1. The van der Waals surface area contributed by atoms with Gasteiger partial charge in [0.1, 0.15) is 6.04 Å². The quantitative estimate of drug-likeness (QED) is 0.858. The number of carbonyl (C=O) groups is 1. The highest BCUT2D eigenvalue weighted by atomic mass is 79.9. The number of amides is 1. The summed E-state index contributed by atoms with van der Waals surface area (Å²) < 4.78 is 1.08. The van der Waals surface area contributed by atoms with Gasteiger partial charge >= 0.3 is 0 Å². The van der Waals surface area contributed by atoms with Crippen LogP contribution in [0.3, 0.4) is 0 Å². The van der Waals surface area contributed by atoms with Crippen LogP contribution in [0.15, 0.2) is 53.0 Å². The Kier molecular flexibility index (Phi) is 5.13. The number of nitrogens with two attached hydrogens (primary N) is 1. The first-order valence-corrected chi connectivity index (χ1v) is 8.95. The van der Waals surface area contributed by atoms with Crippen LogP contribution in [-0.2, 0) is 11.2 Å². The fraction of sp³-hybridized carbons (Fsp3) is 0.316. The van der Waals surface area contributed by atoms with Gasteiger partial charge in [0.15, 0.2) is 6.54 Å². The van der Waals surface area contributed by atoms with Gasteiger partial charge in [-0.05, 0) is 30.2 Å². The SMILES string of the molecule is CC[C@@H]([NH2+]CC(=O)N1CCc2ccccc21)c1ccc(Br)cc1. The van der Waals surface area contributed by atoms with Gasteiger partial charge in [-0.1, -0.05) is 53.2 Å². The third kappa shape index (κ3) is 3.65. The van der Waals surface area contributed by atoms with E-state index in [1.165, 1.54) is 11.1 Å². The predicted molar refractivity (Wildman–Crippen MR) is 96.5 cm³/mol. The minimum Gasteiger partial charge on any atom is -0.332 e. The number of nitrogens with zero attached hydrogens (tertiary/aromatic N) is 1. The van der Waals surface area contributed by atoms with E-state index < -0.39 is 0 Å². The molecule has 1 heterocycles. The van der Waals surface area contributed by atoms with Gasteiger partial charge in [-0.2, -0.15) is 0 Å². The molecule has 2 aromatic rings. The van der Waals surface area contributed by atoms with E-state index in [1.54, 1.807) is 0 Å². The molecule has 2 N–H and O–H groups in total. The van der Waals surface area contributed by atoms with E-state index in [4.69, 9.17) is 0 Å². The highest BCUT2D eigenvalue weighted by Gasteiger charge is 2.25. The second-order valence-corrected chi connectivity index (χ2v) is 6.85. The van der Waals surface area contributed by atoms with E-state index in [-0.39, 0.29) is 5.91 Å². The van der Waals surface area contributed by atoms with E-state index in [9.17, 15) is 4.79 Å². The minimum absolute atomic E-state index is 0.200. The molecule has 0 unspecified atom stereocenters. The van der Waals surface area contributed by atoms with Crippen molar-refractivity contribution in [2.45, 2.75) is 25.8 Å². The van der Waals surface area contributed by atoms with Crippen LogP contribution in [0.5, 0.6) is 0 Å². The molecule has 0 aliphatic carbocycles. The summed E-state index contributed by atoms with van der Waals surface area (Å²) in [6.07, 6.45) is 1.97. The second kappa shape index (κ2) is 7.28. The van der Waals surface area contributed by atoms with Gasteiger partial charge in [0, 0.05) is 28.7 Å². The normalized spacial score (nSPS) is 14.6. The standard InChI is InChI=1S/C19H21BrN2O/c1-2-17(14-7-9-16(20)10-8-14)21-13-19(23)22-12-11-15-5-3-4-6-18(15)22/h3-10,17,21H,2,11-13H2,1H3/p+1/t17-/m1/s1. The van der Waals surface area contributed by atoms with Crippen molar-refractivity contribution in [3.63, 3.8) is 0 Å². The highest BCUT2D eigenvalue weighted by Crippen LogP contribution is 2.27. The molecule has 0 aromatic heterocycles. The van der Waals surface area contributed by atoms with Crippen LogP contribution in [0.2, 0.25) is 0 Å². The van der Waals surface area contributed by atoms with Gasteiger partial charge in [-0.15, -0.1) is 0 Å². The maximum Gasteiger partial charge on any atom is 0.282 e. The Morgan fingerprint density at radius 2 is 1.96 bits per heavy atom. The van der Waals surface area contributed by atoms with Crippen LogP contribution in [0, 0.1) is 0 Å². The summed E-state index contributed by atoms with van der Waals surface area (Å²) in [5.74, 6) is 0.200. The third-order valence-corrected chi connectivity index (χ3v) is 5.03. The Hall–Kier alpha value is -1.65. The van der Waals surface area contributed by atoms with Crippen molar-refractivity contribution in [2.75, 3.05) is 18.0 Å². The first-order valence-electron chi connectivity index (χ1n) is 8.16. The Bertz CT molecular complexity index is 684. The van der Waals surface area contributed by atoms with Crippen molar-refractivity contribution >= 4 is 27.5 Å². The molecule has 23 heavy (non-hydrogen) atoms. The molecule has 0 fully saturated rings. The van der Waals surface area contributed by atoms with Gasteiger partial charge < -0.3 is 10.2 Å². The Labute approximate surface area is 145 Å². The average molecular weight is 374 g/mol. The summed E-state index contributed by atoms with van der Waals surface area (Å²) in [5.41, 5.74) is 3.63. The van der Waals surface area contributed by atoms with E-state index in [2.05, 4.69) is 58.5 Å². The monoisotopic (exact) mass is 373 g/mol. The number of fused-ring (bicyclic) bond motifs is 1. The zero-order chi connectivity index (χ0) is 16.2. The van der Waals surface area contributed by atoms with Crippen molar-refractivity contribution < 1.29 is 10.1 Å². The largest absolute Gasteiger partial charge is 0.332 e. The molecule has 0 spiro atoms. The second-order valence-electron chi connectivity index (χ2n) is 5.93. The Morgan fingerprint density at radius 3 is 2.70 bits per heavy atom. The zero-order valence-corrected chi connectivity index (χ0v) is 14.9. The summed E-state index contributed by atoms with van der Waals surface area (Å²) in [6, 6.07) is 16.9. The topological polar surface area (TPSA) is 36.9 Å². The average Bonchev–Trinajstić information content (AvgIpc) is 3.01. The summed E-state index contributed by atoms with van der Waals surface area (Å²) in [6.45, 7) is 3.46. The Morgan fingerprint density at radius 1 is 1.22 bits per heavy atom. The van der Waals surface area contributed by atoms with Crippen LogP contribution < -0.4 is 10.2 Å². The fourth-order valence-corrected chi connectivity index (χ4v) is 3.46. The maximum atomic E-state index is 12.6. The number of hydrogen-bond acceptors (Lipinski definition) is 1. The van der Waals surface area contributed by atoms with E-state index in [0.717, 1.165) is 29.5 Å². The number of halogens is 1. The number of quaternary nitrogens is 1. The van der Waals surface area contributed by atoms with E-state index in [1.807, 2.05) is 23.1 Å². The summed E-state index contributed by atoms with van der Waals surface area (Å²) in [7, 11) is 0. The predicted octanol–water partition coefficient (Wildman–Crippen LogP) is 3.05. The van der Waals surface area contributed by atoms with E-state index in [0.29, 0.717) is 12.6 Å². The minimum atomic E-state index is 0.200. The summed E-state index contributed by atoms with van der Waals surface area (Å²) >= 11 is 3.47.